The predicted molar refractivity (Wildman–Crippen MR) is 128 cm³/mol. The van der Waals surface area contributed by atoms with Crippen LogP contribution < -0.4 is 0 Å². The Labute approximate surface area is 199 Å². The SMILES string of the molecule is CC(=O)c1ccc(S(=O)(=O)N2CCC(c3ccn4ncc(C(=O)N5CCCC5)c4c3)CC2)cc1. The Hall–Kier alpha value is -3.04. The number of hydrogen-bond donors (Lipinski definition) is 0. The second-order valence-corrected chi connectivity index (χ2v) is 11.0. The summed E-state index contributed by atoms with van der Waals surface area (Å²) in [6.45, 7) is 3.89. The number of Topliss-reactive ketones (excluding diaryl/α,β-unsaturated/α-hetero) is 1. The van der Waals surface area contributed by atoms with Crippen molar-refractivity contribution in [1.82, 2.24) is 18.8 Å². The maximum absolute atomic E-state index is 13.1. The maximum Gasteiger partial charge on any atom is 0.257 e. The van der Waals surface area contributed by atoms with Crippen LogP contribution in [0.1, 0.15) is 64.8 Å². The lowest BCUT2D eigenvalue weighted by Crippen LogP contribution is -2.37. The van der Waals surface area contributed by atoms with Crippen molar-refractivity contribution in [2.45, 2.75) is 43.4 Å². The summed E-state index contributed by atoms with van der Waals surface area (Å²) >= 11 is 0. The highest BCUT2D eigenvalue weighted by atomic mass is 32.2. The molecule has 1 aromatic carbocycles. The van der Waals surface area contributed by atoms with E-state index in [4.69, 9.17) is 0 Å². The number of carbonyl (C=O) groups excluding carboxylic acids is 2. The molecule has 1 amide bonds. The Kier molecular flexibility index (Phi) is 5.99. The molecule has 0 unspecified atom stereocenters. The zero-order chi connectivity index (χ0) is 23.9. The molecule has 0 aliphatic carbocycles. The Balaban J connectivity index is 1.31. The number of pyridine rings is 1. The van der Waals surface area contributed by atoms with Crippen LogP contribution in [-0.2, 0) is 10.0 Å². The van der Waals surface area contributed by atoms with Gasteiger partial charge in [0.05, 0.1) is 22.2 Å². The molecule has 0 saturated carbocycles. The second kappa shape index (κ2) is 8.96. The van der Waals surface area contributed by atoms with Crippen LogP contribution in [0, 0.1) is 0 Å². The fourth-order valence-electron chi connectivity index (χ4n) is 4.95. The fraction of sp³-hybridized carbons (Fsp3) is 0.400. The van der Waals surface area contributed by atoms with E-state index in [0.29, 0.717) is 37.1 Å². The highest BCUT2D eigenvalue weighted by Gasteiger charge is 2.30. The lowest BCUT2D eigenvalue weighted by atomic mass is 9.90. The van der Waals surface area contributed by atoms with Crippen molar-refractivity contribution < 1.29 is 18.0 Å². The third-order valence-electron chi connectivity index (χ3n) is 6.99. The summed E-state index contributed by atoms with van der Waals surface area (Å²) in [5, 5.41) is 4.35. The van der Waals surface area contributed by atoms with Crippen molar-refractivity contribution in [2.75, 3.05) is 26.2 Å². The van der Waals surface area contributed by atoms with Gasteiger partial charge in [-0.25, -0.2) is 12.9 Å². The molecule has 0 bridgehead atoms. The van der Waals surface area contributed by atoms with Crippen LogP contribution in [0.25, 0.3) is 5.52 Å². The van der Waals surface area contributed by atoms with Crippen molar-refractivity contribution >= 4 is 27.2 Å². The molecular weight excluding hydrogens is 452 g/mol. The molecule has 2 aliphatic heterocycles. The summed E-state index contributed by atoms with van der Waals surface area (Å²) in [6.07, 6.45) is 7.00. The van der Waals surface area contributed by atoms with E-state index in [1.807, 2.05) is 23.2 Å². The van der Waals surface area contributed by atoms with Crippen molar-refractivity contribution in [3.63, 3.8) is 0 Å². The van der Waals surface area contributed by atoms with Gasteiger partial charge in [-0.15, -0.1) is 0 Å². The number of ketones is 1. The highest BCUT2D eigenvalue weighted by molar-refractivity contribution is 7.89. The first kappa shape index (κ1) is 22.7. The van der Waals surface area contributed by atoms with Gasteiger partial charge < -0.3 is 4.90 Å². The molecule has 178 valence electrons. The second-order valence-electron chi connectivity index (χ2n) is 9.11. The number of benzene rings is 1. The third-order valence-corrected chi connectivity index (χ3v) is 8.91. The van der Waals surface area contributed by atoms with Gasteiger partial charge in [-0.3, -0.25) is 9.59 Å². The number of rotatable bonds is 5. The number of fused-ring (bicyclic) bond motifs is 1. The molecule has 2 aliphatic rings. The lowest BCUT2D eigenvalue weighted by molar-refractivity contribution is 0.0794. The monoisotopic (exact) mass is 480 g/mol. The van der Waals surface area contributed by atoms with E-state index in [9.17, 15) is 18.0 Å². The molecule has 34 heavy (non-hydrogen) atoms. The highest BCUT2D eigenvalue weighted by Crippen LogP contribution is 2.32. The van der Waals surface area contributed by atoms with Crippen LogP contribution in [0.5, 0.6) is 0 Å². The van der Waals surface area contributed by atoms with Gasteiger partial charge in [-0.1, -0.05) is 12.1 Å². The van der Waals surface area contributed by atoms with Crippen molar-refractivity contribution in [3.8, 4) is 0 Å². The first-order valence-corrected chi connectivity index (χ1v) is 13.2. The van der Waals surface area contributed by atoms with E-state index >= 15 is 0 Å². The van der Waals surface area contributed by atoms with Gasteiger partial charge in [0.1, 0.15) is 0 Å². The van der Waals surface area contributed by atoms with E-state index in [1.54, 1.807) is 22.8 Å². The number of hydrogen-bond acceptors (Lipinski definition) is 5. The number of carbonyl (C=O) groups is 2. The quantitative estimate of drug-likeness (QED) is 0.523. The first-order valence-electron chi connectivity index (χ1n) is 11.7. The van der Waals surface area contributed by atoms with Crippen LogP contribution >= 0.6 is 0 Å². The van der Waals surface area contributed by atoms with Crippen molar-refractivity contribution in [2.24, 2.45) is 0 Å². The molecule has 8 nitrogen and oxygen atoms in total. The summed E-state index contributed by atoms with van der Waals surface area (Å²) in [7, 11) is -3.61. The molecule has 2 saturated heterocycles. The number of piperidine rings is 1. The van der Waals surface area contributed by atoms with Gasteiger partial charge in [0.15, 0.2) is 5.78 Å². The van der Waals surface area contributed by atoms with Gasteiger partial charge >= 0.3 is 0 Å². The standard InChI is InChI=1S/C25H28N4O4S/c1-18(30)19-4-6-22(7-5-19)34(32,33)28-13-8-20(9-14-28)21-10-15-29-24(16-21)23(17-26-29)25(31)27-11-2-3-12-27/h4-7,10,15-17,20H,2-3,8-9,11-14H2,1H3. The topological polar surface area (TPSA) is 92.1 Å². The molecule has 5 rings (SSSR count). The van der Waals surface area contributed by atoms with Crippen molar-refractivity contribution in [3.05, 3.63) is 65.5 Å². The molecule has 2 fully saturated rings. The van der Waals surface area contributed by atoms with E-state index < -0.39 is 10.0 Å². The van der Waals surface area contributed by atoms with Crippen LogP contribution in [0.2, 0.25) is 0 Å². The Bertz CT molecular complexity index is 1330. The fourth-order valence-corrected chi connectivity index (χ4v) is 6.42. The largest absolute Gasteiger partial charge is 0.339 e. The Morgan fingerprint density at radius 3 is 2.29 bits per heavy atom. The van der Waals surface area contributed by atoms with Gasteiger partial charge in [-0.2, -0.15) is 9.40 Å². The average Bonchev–Trinajstić information content (AvgIpc) is 3.54. The predicted octanol–water partition coefficient (Wildman–Crippen LogP) is 3.34. The van der Waals surface area contributed by atoms with Gasteiger partial charge in [-0.05, 0) is 68.4 Å². The van der Waals surface area contributed by atoms with E-state index in [0.717, 1.165) is 37.0 Å². The summed E-state index contributed by atoms with van der Waals surface area (Å²) < 4.78 is 29.4. The molecule has 0 radical (unpaired) electrons. The van der Waals surface area contributed by atoms with Gasteiger partial charge in [0.2, 0.25) is 10.0 Å². The van der Waals surface area contributed by atoms with Gasteiger partial charge in [0, 0.05) is 37.9 Å². The Morgan fingerprint density at radius 2 is 1.65 bits per heavy atom. The number of aromatic nitrogens is 2. The lowest BCUT2D eigenvalue weighted by Gasteiger charge is -2.31. The molecule has 3 aromatic rings. The summed E-state index contributed by atoms with van der Waals surface area (Å²) in [6, 6.07) is 10.2. The minimum atomic E-state index is -3.61. The maximum atomic E-state index is 13.1. The first-order chi connectivity index (χ1) is 16.3. The molecule has 4 heterocycles. The number of likely N-dealkylation sites (tertiary alicyclic amines) is 1. The number of sulfonamides is 1. The normalized spacial score (nSPS) is 18.0. The smallest absolute Gasteiger partial charge is 0.257 e. The Morgan fingerprint density at radius 1 is 0.971 bits per heavy atom. The number of nitrogens with zero attached hydrogens (tertiary/aromatic N) is 4. The zero-order valence-corrected chi connectivity index (χ0v) is 20.0. The van der Waals surface area contributed by atoms with Crippen LogP contribution in [-0.4, -0.2) is 65.1 Å². The zero-order valence-electron chi connectivity index (χ0n) is 19.2. The summed E-state index contributed by atoms with van der Waals surface area (Å²) in [4.78, 5) is 26.5. The summed E-state index contributed by atoms with van der Waals surface area (Å²) in [5.74, 6) is 0.146. The molecule has 0 spiro atoms. The van der Waals surface area contributed by atoms with E-state index in [-0.39, 0.29) is 22.5 Å². The molecule has 0 N–H and O–H groups in total. The van der Waals surface area contributed by atoms with Crippen molar-refractivity contribution in [1.29, 1.82) is 0 Å². The minimum absolute atomic E-state index is 0.0290. The average molecular weight is 481 g/mol. The van der Waals surface area contributed by atoms with E-state index in [1.165, 1.54) is 23.4 Å². The molecule has 0 atom stereocenters. The van der Waals surface area contributed by atoms with Gasteiger partial charge in [0.25, 0.3) is 5.91 Å². The van der Waals surface area contributed by atoms with E-state index in [2.05, 4.69) is 5.10 Å². The third kappa shape index (κ3) is 4.14. The minimum Gasteiger partial charge on any atom is -0.339 e. The summed E-state index contributed by atoms with van der Waals surface area (Å²) in [5.41, 5.74) is 3.02. The van der Waals surface area contributed by atoms with Crippen LogP contribution in [0.15, 0.2) is 53.7 Å². The van der Waals surface area contributed by atoms with Crippen LogP contribution in [0.3, 0.4) is 0 Å². The molecule has 2 aromatic heterocycles. The number of amides is 1. The van der Waals surface area contributed by atoms with Crippen LogP contribution in [0.4, 0.5) is 0 Å². The molecule has 9 heteroatoms. The molecular formula is C25H28N4O4S.